The molecule has 0 amide bonds. The molecule has 0 aliphatic carbocycles. The zero-order chi connectivity index (χ0) is 17.4. The molecule has 1 aromatic heterocycles. The van der Waals surface area contributed by atoms with Crippen LogP contribution in [0.1, 0.15) is 47.0 Å². The summed E-state index contributed by atoms with van der Waals surface area (Å²) in [7, 11) is 1.35. The fraction of sp³-hybridized carbons (Fsp3) is 0.500. The van der Waals surface area contributed by atoms with Gasteiger partial charge in [0.05, 0.1) is 13.7 Å². The number of hydrogen-bond acceptors (Lipinski definition) is 4. The molecule has 0 fully saturated rings. The maximum absolute atomic E-state index is 12.8. The van der Waals surface area contributed by atoms with Crippen LogP contribution in [0.15, 0.2) is 16.9 Å². The van der Waals surface area contributed by atoms with Gasteiger partial charge in [-0.2, -0.15) is 5.10 Å². The van der Waals surface area contributed by atoms with Crippen molar-refractivity contribution in [2.45, 2.75) is 52.6 Å². The van der Waals surface area contributed by atoms with Gasteiger partial charge in [0.2, 0.25) is 0 Å². The third kappa shape index (κ3) is 2.77. The highest BCUT2D eigenvalue weighted by atomic mass is 16.5. The molecule has 3 rings (SSSR count). The molecular formula is C18H23N3O3. The monoisotopic (exact) mass is 329 g/mol. The van der Waals surface area contributed by atoms with Gasteiger partial charge in [-0.15, -0.1) is 0 Å². The fourth-order valence-electron chi connectivity index (χ4n) is 3.35. The number of aryl methyl sites for hydroxylation is 4. The second-order valence-electron chi connectivity index (χ2n) is 6.52. The Morgan fingerprint density at radius 3 is 2.67 bits per heavy atom. The molecular weight excluding hydrogens is 306 g/mol. The number of carbonyl (C=O) groups excluding carboxylic acids is 1. The second kappa shape index (κ2) is 6.26. The van der Waals surface area contributed by atoms with E-state index in [2.05, 4.69) is 31.1 Å². The number of benzene rings is 1. The SMILES string of the molecule is COC(=O)[C@@H]1CCCc2nn(Cc3cc(C)c(C)cc3C)c(=O)n21. The lowest BCUT2D eigenvalue weighted by Crippen LogP contribution is -2.35. The van der Waals surface area contributed by atoms with Crippen LogP contribution in [0.2, 0.25) is 0 Å². The highest BCUT2D eigenvalue weighted by Gasteiger charge is 2.31. The summed E-state index contributed by atoms with van der Waals surface area (Å²) in [6.45, 7) is 6.60. The van der Waals surface area contributed by atoms with E-state index in [4.69, 9.17) is 4.74 Å². The van der Waals surface area contributed by atoms with Crippen LogP contribution in [0.25, 0.3) is 0 Å². The molecule has 1 aliphatic rings. The minimum absolute atomic E-state index is 0.238. The maximum atomic E-state index is 12.8. The van der Waals surface area contributed by atoms with E-state index in [1.807, 2.05) is 6.92 Å². The third-order valence-electron chi connectivity index (χ3n) is 4.88. The van der Waals surface area contributed by atoms with Crippen LogP contribution in [-0.2, 0) is 22.5 Å². The lowest BCUT2D eigenvalue weighted by molar-refractivity contribution is -0.145. The molecule has 1 atom stereocenters. The van der Waals surface area contributed by atoms with Gasteiger partial charge in [-0.25, -0.2) is 14.3 Å². The lowest BCUT2D eigenvalue weighted by Gasteiger charge is -2.20. The van der Waals surface area contributed by atoms with Crippen molar-refractivity contribution in [2.75, 3.05) is 7.11 Å². The van der Waals surface area contributed by atoms with Crippen LogP contribution in [-0.4, -0.2) is 27.4 Å². The van der Waals surface area contributed by atoms with Gasteiger partial charge in [0.25, 0.3) is 0 Å². The van der Waals surface area contributed by atoms with Gasteiger partial charge in [0.1, 0.15) is 11.9 Å². The van der Waals surface area contributed by atoms with Gasteiger partial charge in [-0.1, -0.05) is 12.1 Å². The van der Waals surface area contributed by atoms with Crippen LogP contribution >= 0.6 is 0 Å². The Balaban J connectivity index is 2.00. The second-order valence-corrected chi connectivity index (χ2v) is 6.52. The first-order valence-corrected chi connectivity index (χ1v) is 8.25. The minimum atomic E-state index is -0.555. The molecule has 24 heavy (non-hydrogen) atoms. The van der Waals surface area contributed by atoms with Crippen molar-refractivity contribution in [1.29, 1.82) is 0 Å². The highest BCUT2D eigenvalue weighted by molar-refractivity contribution is 5.74. The summed E-state index contributed by atoms with van der Waals surface area (Å²) in [5.41, 5.74) is 4.40. The minimum Gasteiger partial charge on any atom is -0.467 e. The predicted molar refractivity (Wildman–Crippen MR) is 90.2 cm³/mol. The molecule has 128 valence electrons. The van der Waals surface area contributed by atoms with Gasteiger partial charge in [-0.3, -0.25) is 4.57 Å². The van der Waals surface area contributed by atoms with Gasteiger partial charge in [0, 0.05) is 6.42 Å². The number of methoxy groups -OCH3 is 1. The highest BCUT2D eigenvalue weighted by Crippen LogP contribution is 2.23. The molecule has 0 saturated carbocycles. The molecule has 0 N–H and O–H groups in total. The number of fused-ring (bicyclic) bond motifs is 1. The van der Waals surface area contributed by atoms with Crippen molar-refractivity contribution < 1.29 is 9.53 Å². The van der Waals surface area contributed by atoms with Gasteiger partial charge in [0.15, 0.2) is 0 Å². The van der Waals surface area contributed by atoms with E-state index in [-0.39, 0.29) is 11.7 Å². The van der Waals surface area contributed by atoms with Crippen molar-refractivity contribution in [3.05, 3.63) is 50.7 Å². The maximum Gasteiger partial charge on any atom is 0.347 e. The number of nitrogens with zero attached hydrogens (tertiary/aromatic N) is 3. The molecule has 1 aromatic carbocycles. The van der Waals surface area contributed by atoms with Crippen molar-refractivity contribution in [3.8, 4) is 0 Å². The smallest absolute Gasteiger partial charge is 0.347 e. The van der Waals surface area contributed by atoms with Gasteiger partial charge >= 0.3 is 11.7 Å². The molecule has 0 saturated heterocycles. The van der Waals surface area contributed by atoms with Crippen molar-refractivity contribution in [2.24, 2.45) is 0 Å². The Kier molecular flexibility index (Phi) is 4.30. The number of aromatic nitrogens is 3. The molecule has 6 heteroatoms. The van der Waals surface area contributed by atoms with Crippen LogP contribution in [0.4, 0.5) is 0 Å². The molecule has 0 radical (unpaired) electrons. The Hall–Kier alpha value is -2.37. The third-order valence-corrected chi connectivity index (χ3v) is 4.88. The first-order valence-electron chi connectivity index (χ1n) is 8.25. The number of esters is 1. The van der Waals surface area contributed by atoms with Crippen molar-refractivity contribution >= 4 is 5.97 Å². The summed E-state index contributed by atoms with van der Waals surface area (Å²) in [5.74, 6) is 0.295. The summed E-state index contributed by atoms with van der Waals surface area (Å²) in [4.78, 5) is 24.7. The Labute approximate surface area is 141 Å². The summed E-state index contributed by atoms with van der Waals surface area (Å²) < 4.78 is 7.81. The lowest BCUT2D eigenvalue weighted by atomic mass is 10.0. The van der Waals surface area contributed by atoms with Crippen LogP contribution in [0, 0.1) is 20.8 Å². The van der Waals surface area contributed by atoms with E-state index in [0.29, 0.717) is 25.2 Å². The topological polar surface area (TPSA) is 66.1 Å². The molecule has 0 unspecified atom stereocenters. The van der Waals surface area contributed by atoms with Gasteiger partial charge < -0.3 is 4.74 Å². The zero-order valence-electron chi connectivity index (χ0n) is 14.6. The van der Waals surface area contributed by atoms with Crippen molar-refractivity contribution in [1.82, 2.24) is 14.3 Å². The van der Waals surface area contributed by atoms with E-state index < -0.39 is 6.04 Å². The number of hydrogen-bond donors (Lipinski definition) is 0. The van der Waals surface area contributed by atoms with Crippen LogP contribution in [0.5, 0.6) is 0 Å². The number of ether oxygens (including phenoxy) is 1. The Morgan fingerprint density at radius 2 is 1.96 bits per heavy atom. The Morgan fingerprint density at radius 1 is 1.25 bits per heavy atom. The fourth-order valence-corrected chi connectivity index (χ4v) is 3.35. The first-order chi connectivity index (χ1) is 11.4. The molecule has 2 aromatic rings. The predicted octanol–water partition coefficient (Wildman–Crippen LogP) is 2.07. The standard InChI is InChI=1S/C18H23N3O3/c1-11-8-13(3)14(9-12(11)2)10-20-18(23)21-15(17(22)24-4)6-5-7-16(21)19-20/h8-9,15H,5-7,10H2,1-4H3/t15-/m0/s1. The Bertz CT molecular complexity index is 848. The van der Waals surface area contributed by atoms with Crippen molar-refractivity contribution in [3.63, 3.8) is 0 Å². The quantitative estimate of drug-likeness (QED) is 0.809. The summed E-state index contributed by atoms with van der Waals surface area (Å²) >= 11 is 0. The molecule has 0 bridgehead atoms. The zero-order valence-corrected chi connectivity index (χ0v) is 14.6. The van der Waals surface area contributed by atoms with E-state index in [0.717, 1.165) is 17.5 Å². The molecule has 0 spiro atoms. The van der Waals surface area contributed by atoms with Crippen LogP contribution in [0.3, 0.4) is 0 Å². The summed E-state index contributed by atoms with van der Waals surface area (Å²) in [6, 6.07) is 3.68. The summed E-state index contributed by atoms with van der Waals surface area (Å²) in [5, 5.41) is 4.47. The number of rotatable bonds is 3. The van der Waals surface area contributed by atoms with E-state index >= 15 is 0 Å². The largest absolute Gasteiger partial charge is 0.467 e. The molecule has 6 nitrogen and oxygen atoms in total. The average molecular weight is 329 g/mol. The molecule has 2 heterocycles. The van der Waals surface area contributed by atoms with E-state index in [9.17, 15) is 9.59 Å². The molecule has 1 aliphatic heterocycles. The normalized spacial score (nSPS) is 16.8. The summed E-state index contributed by atoms with van der Waals surface area (Å²) in [6.07, 6.45) is 2.16. The number of carbonyl (C=O) groups is 1. The van der Waals surface area contributed by atoms with E-state index in [1.165, 1.54) is 27.5 Å². The first kappa shape index (κ1) is 16.5. The van der Waals surface area contributed by atoms with Gasteiger partial charge in [-0.05, 0) is 55.9 Å². The average Bonchev–Trinajstić information content (AvgIpc) is 2.88. The van der Waals surface area contributed by atoms with E-state index in [1.54, 1.807) is 0 Å². The van der Waals surface area contributed by atoms with Crippen LogP contribution < -0.4 is 5.69 Å².